The van der Waals surface area contributed by atoms with E-state index in [-0.39, 0.29) is 11.6 Å². The summed E-state index contributed by atoms with van der Waals surface area (Å²) in [6, 6.07) is 14.4. The molecule has 0 aliphatic heterocycles. The van der Waals surface area contributed by atoms with E-state index in [2.05, 4.69) is 20.9 Å². The van der Waals surface area contributed by atoms with Crippen LogP contribution in [0, 0.1) is 0 Å². The van der Waals surface area contributed by atoms with Crippen LogP contribution < -0.4 is 25.4 Å². The van der Waals surface area contributed by atoms with E-state index >= 15 is 0 Å². The average Bonchev–Trinajstić information content (AvgIpc) is 2.75. The van der Waals surface area contributed by atoms with Gasteiger partial charge in [0.2, 0.25) is 0 Å². The summed E-state index contributed by atoms with van der Waals surface area (Å²) in [6.07, 6.45) is 1.49. The number of rotatable bonds is 6. The molecule has 0 bridgehead atoms. The lowest BCUT2D eigenvalue weighted by molar-refractivity contribution is 0.0958. The van der Waals surface area contributed by atoms with Crippen molar-refractivity contribution >= 4 is 34.9 Å². The molecule has 3 N–H and O–H groups in total. The molecule has 0 aliphatic rings. The molecule has 0 fully saturated rings. The Morgan fingerprint density at radius 3 is 2.43 bits per heavy atom. The number of amides is 3. The third-order valence-corrected chi connectivity index (χ3v) is 4.18. The van der Waals surface area contributed by atoms with Crippen LogP contribution in [0.5, 0.6) is 17.2 Å². The number of methoxy groups -OCH3 is 1. The predicted molar refractivity (Wildman–Crippen MR) is 115 cm³/mol. The zero-order valence-electron chi connectivity index (χ0n) is 16.2. The van der Waals surface area contributed by atoms with Crippen LogP contribution >= 0.6 is 11.6 Å². The van der Waals surface area contributed by atoms with Crippen molar-refractivity contribution in [3.8, 4) is 17.2 Å². The van der Waals surface area contributed by atoms with Crippen LogP contribution in [-0.2, 0) is 0 Å². The maximum atomic E-state index is 12.3. The Morgan fingerprint density at radius 1 is 0.967 bits per heavy atom. The van der Waals surface area contributed by atoms with E-state index in [9.17, 15) is 9.59 Å². The van der Waals surface area contributed by atoms with Crippen LogP contribution in [0.2, 0.25) is 5.02 Å². The number of carbonyl (C=O) groups is 2. The van der Waals surface area contributed by atoms with Gasteiger partial charge in [0.25, 0.3) is 5.91 Å². The molecular formula is C21H19ClN4O4. The number of ether oxygens (including phenoxy) is 2. The molecule has 0 aliphatic carbocycles. The first kappa shape index (κ1) is 20.9. The molecule has 0 saturated heterocycles. The molecule has 0 radical (unpaired) electrons. The number of benzene rings is 2. The molecule has 30 heavy (non-hydrogen) atoms. The zero-order chi connectivity index (χ0) is 21.5. The maximum Gasteiger partial charge on any atom is 0.323 e. The molecule has 1 aromatic heterocycles. The van der Waals surface area contributed by atoms with Gasteiger partial charge in [-0.05, 0) is 48.5 Å². The first-order valence-electron chi connectivity index (χ1n) is 8.86. The number of urea groups is 1. The number of hydrogen-bond acceptors (Lipinski definition) is 5. The second-order valence-electron chi connectivity index (χ2n) is 6.01. The van der Waals surface area contributed by atoms with Crippen molar-refractivity contribution in [3.63, 3.8) is 0 Å². The second-order valence-corrected chi connectivity index (χ2v) is 6.44. The molecule has 0 atom stereocenters. The fraction of sp³-hybridized carbons (Fsp3) is 0.0952. The topological polar surface area (TPSA) is 102 Å². The van der Waals surface area contributed by atoms with E-state index in [4.69, 9.17) is 21.1 Å². The third-order valence-electron chi connectivity index (χ3n) is 3.95. The predicted octanol–water partition coefficient (Wildman–Crippen LogP) is 4.54. The fourth-order valence-corrected chi connectivity index (χ4v) is 2.70. The molecule has 0 unspecified atom stereocenters. The molecule has 0 spiro atoms. The summed E-state index contributed by atoms with van der Waals surface area (Å²) < 4.78 is 10.9. The van der Waals surface area contributed by atoms with Crippen molar-refractivity contribution < 1.29 is 19.1 Å². The zero-order valence-corrected chi connectivity index (χ0v) is 17.0. The van der Waals surface area contributed by atoms with Crippen molar-refractivity contribution in [3.05, 3.63) is 71.5 Å². The van der Waals surface area contributed by atoms with Gasteiger partial charge < -0.3 is 25.4 Å². The van der Waals surface area contributed by atoms with Gasteiger partial charge in [-0.3, -0.25) is 9.78 Å². The number of pyridine rings is 1. The van der Waals surface area contributed by atoms with Gasteiger partial charge in [-0.25, -0.2) is 4.79 Å². The van der Waals surface area contributed by atoms with Gasteiger partial charge in [0, 0.05) is 30.0 Å². The highest BCUT2D eigenvalue weighted by atomic mass is 35.5. The van der Waals surface area contributed by atoms with Crippen LogP contribution in [0.15, 0.2) is 60.8 Å². The van der Waals surface area contributed by atoms with Crippen LogP contribution in [0.4, 0.5) is 16.2 Å². The number of nitrogens with one attached hydrogen (secondary N) is 3. The largest absolute Gasteiger partial charge is 0.495 e. The Balaban J connectivity index is 1.63. The smallest absolute Gasteiger partial charge is 0.323 e. The Labute approximate surface area is 178 Å². The summed E-state index contributed by atoms with van der Waals surface area (Å²) >= 11 is 5.97. The molecule has 9 heteroatoms. The molecule has 8 nitrogen and oxygen atoms in total. The average molecular weight is 427 g/mol. The molecule has 154 valence electrons. The number of anilines is 2. The fourth-order valence-electron chi connectivity index (χ4n) is 2.53. The van der Waals surface area contributed by atoms with Gasteiger partial charge in [-0.15, -0.1) is 0 Å². The standard InChI is InChI=1S/C21H19ClN4O4/c1-23-20(27)18-12-16(9-10-24-18)30-15-6-4-14(5-7-15)25-21(28)26-17-11-13(22)3-8-19(17)29-2/h3-12H,1-2H3,(H,23,27)(H2,25,26,28). The number of carbonyl (C=O) groups excluding carboxylic acids is 2. The molecular weight excluding hydrogens is 408 g/mol. The maximum absolute atomic E-state index is 12.3. The summed E-state index contributed by atoms with van der Waals surface area (Å²) in [7, 11) is 3.04. The van der Waals surface area contributed by atoms with Crippen LogP contribution in [-0.4, -0.2) is 31.1 Å². The highest BCUT2D eigenvalue weighted by molar-refractivity contribution is 6.31. The van der Waals surface area contributed by atoms with E-state index in [0.717, 1.165) is 0 Å². The Hall–Kier alpha value is -3.78. The van der Waals surface area contributed by atoms with E-state index in [1.54, 1.807) is 48.5 Å². The molecule has 2 aromatic carbocycles. The van der Waals surface area contributed by atoms with E-state index < -0.39 is 6.03 Å². The molecule has 3 aromatic rings. The highest BCUT2D eigenvalue weighted by Gasteiger charge is 2.10. The summed E-state index contributed by atoms with van der Waals surface area (Å²) in [5, 5.41) is 8.39. The molecule has 3 rings (SSSR count). The first-order chi connectivity index (χ1) is 14.5. The lowest BCUT2D eigenvalue weighted by Gasteiger charge is -2.12. The number of halogens is 1. The van der Waals surface area contributed by atoms with Crippen molar-refractivity contribution in [1.29, 1.82) is 0 Å². The lowest BCUT2D eigenvalue weighted by atomic mass is 10.3. The number of aromatic nitrogens is 1. The van der Waals surface area contributed by atoms with Crippen LogP contribution in [0.1, 0.15) is 10.5 Å². The SMILES string of the molecule is CNC(=O)c1cc(Oc2ccc(NC(=O)Nc3cc(Cl)ccc3OC)cc2)ccn1. The van der Waals surface area contributed by atoms with Crippen molar-refractivity contribution in [2.75, 3.05) is 24.8 Å². The monoisotopic (exact) mass is 426 g/mol. The van der Waals surface area contributed by atoms with Gasteiger partial charge in [0.05, 0.1) is 12.8 Å². The van der Waals surface area contributed by atoms with Gasteiger partial charge in [-0.1, -0.05) is 11.6 Å². The number of hydrogen-bond donors (Lipinski definition) is 3. The lowest BCUT2D eigenvalue weighted by Crippen LogP contribution is -2.19. The molecule has 3 amide bonds. The molecule has 1 heterocycles. The summed E-state index contributed by atoms with van der Waals surface area (Å²) in [6.45, 7) is 0. The van der Waals surface area contributed by atoms with E-state index in [1.165, 1.54) is 26.4 Å². The first-order valence-corrected chi connectivity index (χ1v) is 9.24. The van der Waals surface area contributed by atoms with Gasteiger partial charge in [-0.2, -0.15) is 0 Å². The Bertz CT molecular complexity index is 1060. The second kappa shape index (κ2) is 9.62. The minimum Gasteiger partial charge on any atom is -0.495 e. The third kappa shape index (κ3) is 5.39. The van der Waals surface area contributed by atoms with Gasteiger partial charge in [0.15, 0.2) is 0 Å². The normalized spacial score (nSPS) is 10.1. The minimum absolute atomic E-state index is 0.251. The number of nitrogens with zero attached hydrogens (tertiary/aromatic N) is 1. The van der Waals surface area contributed by atoms with E-state index in [0.29, 0.717) is 33.6 Å². The van der Waals surface area contributed by atoms with Crippen molar-refractivity contribution in [1.82, 2.24) is 10.3 Å². The van der Waals surface area contributed by atoms with Crippen molar-refractivity contribution in [2.45, 2.75) is 0 Å². The minimum atomic E-state index is -0.450. The Kier molecular flexibility index (Phi) is 6.71. The highest BCUT2D eigenvalue weighted by Crippen LogP contribution is 2.28. The summed E-state index contributed by atoms with van der Waals surface area (Å²) in [4.78, 5) is 27.9. The summed E-state index contributed by atoms with van der Waals surface area (Å²) in [5.74, 6) is 1.19. The van der Waals surface area contributed by atoms with Crippen molar-refractivity contribution in [2.24, 2.45) is 0 Å². The molecule has 0 saturated carbocycles. The quantitative estimate of drug-likeness (QED) is 0.537. The van der Waals surface area contributed by atoms with E-state index in [1.807, 2.05) is 0 Å². The van der Waals surface area contributed by atoms with Crippen LogP contribution in [0.25, 0.3) is 0 Å². The van der Waals surface area contributed by atoms with Gasteiger partial charge in [0.1, 0.15) is 22.9 Å². The summed E-state index contributed by atoms with van der Waals surface area (Å²) in [5.41, 5.74) is 1.26. The Morgan fingerprint density at radius 2 is 1.73 bits per heavy atom. The van der Waals surface area contributed by atoms with Gasteiger partial charge >= 0.3 is 6.03 Å². The van der Waals surface area contributed by atoms with Crippen LogP contribution in [0.3, 0.4) is 0 Å².